The van der Waals surface area contributed by atoms with Gasteiger partial charge in [-0.05, 0) is 19.3 Å². The van der Waals surface area contributed by atoms with Gasteiger partial charge in [-0.25, -0.2) is 8.98 Å². The largest absolute Gasteiger partial charge is 0.523 e. The molecule has 1 aliphatic rings. The van der Waals surface area contributed by atoms with Gasteiger partial charge in [0.15, 0.2) is 5.60 Å². The van der Waals surface area contributed by atoms with E-state index in [1.54, 1.807) is 0 Å². The molecule has 1 fully saturated rings. The Morgan fingerprint density at radius 3 is 2.00 bits per heavy atom. The van der Waals surface area contributed by atoms with Crippen molar-refractivity contribution in [1.29, 1.82) is 0 Å². The van der Waals surface area contributed by atoms with Crippen molar-refractivity contribution < 1.29 is 35.7 Å². The van der Waals surface area contributed by atoms with Gasteiger partial charge in [-0.2, -0.15) is 21.6 Å². The van der Waals surface area contributed by atoms with Crippen LogP contribution in [0.25, 0.3) is 0 Å². The fourth-order valence-electron chi connectivity index (χ4n) is 1.09. The summed E-state index contributed by atoms with van der Waals surface area (Å²) < 4.78 is 60.5. The average Bonchev–Trinajstić information content (AvgIpc) is 1.93. The zero-order valence-corrected chi connectivity index (χ0v) is 8.06. The van der Waals surface area contributed by atoms with Gasteiger partial charge in [-0.1, -0.05) is 0 Å². The molecule has 88 valence electrons. The number of carboxylic acid groups (broad SMARTS) is 1. The first-order chi connectivity index (χ1) is 6.61. The molecule has 15 heavy (non-hydrogen) atoms. The number of carbonyl (C=O) groups is 1. The van der Waals surface area contributed by atoms with Crippen molar-refractivity contribution in [3.63, 3.8) is 0 Å². The molecule has 0 aliphatic heterocycles. The Kier molecular flexibility index (Phi) is 2.72. The van der Waals surface area contributed by atoms with Crippen LogP contribution in [0.4, 0.5) is 13.2 Å². The normalized spacial score (nSPS) is 20.7. The predicted octanol–water partition coefficient (Wildman–Crippen LogP) is 0.860. The molecule has 0 radical (unpaired) electrons. The van der Waals surface area contributed by atoms with Gasteiger partial charge < -0.3 is 5.11 Å². The number of rotatable bonds is 3. The van der Waals surface area contributed by atoms with Crippen LogP contribution < -0.4 is 0 Å². The van der Waals surface area contributed by atoms with Gasteiger partial charge in [0, 0.05) is 0 Å². The SMILES string of the molecule is O=C(O)C1(OS(=O)(=O)C(F)(F)F)CCC1. The number of alkyl halides is 3. The summed E-state index contributed by atoms with van der Waals surface area (Å²) in [5, 5.41) is 8.56. The zero-order chi connectivity index (χ0) is 11.9. The second-order valence-corrected chi connectivity index (χ2v) is 4.67. The Hall–Kier alpha value is -0.830. The Bertz CT molecular complexity index is 367. The van der Waals surface area contributed by atoms with Gasteiger partial charge in [-0.3, -0.25) is 0 Å². The molecule has 0 aromatic heterocycles. The van der Waals surface area contributed by atoms with Crippen LogP contribution in [0.3, 0.4) is 0 Å². The fourth-order valence-corrected chi connectivity index (χ4v) is 1.84. The standard InChI is InChI=1S/C6H7F3O5S/c7-6(8,9)15(12,13)14-5(4(10)11)2-1-3-5/h1-3H2,(H,10,11). The monoisotopic (exact) mass is 248 g/mol. The maximum absolute atomic E-state index is 11.9. The molecule has 0 atom stereocenters. The first-order valence-corrected chi connectivity index (χ1v) is 5.27. The summed E-state index contributed by atoms with van der Waals surface area (Å²) in [4.78, 5) is 10.6. The molecule has 0 aromatic carbocycles. The summed E-state index contributed by atoms with van der Waals surface area (Å²) in [6.07, 6.45) is -0.158. The van der Waals surface area contributed by atoms with Gasteiger partial charge in [0.2, 0.25) is 0 Å². The van der Waals surface area contributed by atoms with E-state index < -0.39 is 27.2 Å². The van der Waals surface area contributed by atoms with Crippen molar-refractivity contribution in [2.75, 3.05) is 0 Å². The Morgan fingerprint density at radius 1 is 1.33 bits per heavy atom. The van der Waals surface area contributed by atoms with Gasteiger partial charge >= 0.3 is 21.6 Å². The van der Waals surface area contributed by atoms with E-state index in [1.807, 2.05) is 0 Å². The van der Waals surface area contributed by atoms with E-state index in [0.717, 1.165) is 0 Å². The highest BCUT2D eigenvalue weighted by Gasteiger charge is 2.57. The molecule has 0 amide bonds. The van der Waals surface area contributed by atoms with Gasteiger partial charge in [0.25, 0.3) is 0 Å². The third-order valence-corrected chi connectivity index (χ3v) is 3.21. The van der Waals surface area contributed by atoms with Crippen LogP contribution in [0.1, 0.15) is 19.3 Å². The minimum atomic E-state index is -5.84. The maximum atomic E-state index is 11.9. The molecular weight excluding hydrogens is 241 g/mol. The van der Waals surface area contributed by atoms with Crippen molar-refractivity contribution in [3.05, 3.63) is 0 Å². The zero-order valence-electron chi connectivity index (χ0n) is 7.24. The molecule has 1 N–H and O–H groups in total. The summed E-state index contributed by atoms with van der Waals surface area (Å²) in [6, 6.07) is 0. The highest BCUT2D eigenvalue weighted by Crippen LogP contribution is 2.40. The van der Waals surface area contributed by atoms with Crippen molar-refractivity contribution in [2.45, 2.75) is 30.4 Å². The van der Waals surface area contributed by atoms with Crippen LogP contribution in [0, 0.1) is 0 Å². The average molecular weight is 248 g/mol. The van der Waals surface area contributed by atoms with Crippen molar-refractivity contribution >= 4 is 16.1 Å². The summed E-state index contributed by atoms with van der Waals surface area (Å²) in [6.45, 7) is 0. The van der Waals surface area contributed by atoms with Crippen LogP contribution >= 0.6 is 0 Å². The lowest BCUT2D eigenvalue weighted by Gasteiger charge is -2.36. The van der Waals surface area contributed by atoms with Crippen LogP contribution in [0.15, 0.2) is 0 Å². The lowest BCUT2D eigenvalue weighted by atomic mass is 9.80. The summed E-state index contributed by atoms with van der Waals surface area (Å²) in [5.74, 6) is -1.69. The lowest BCUT2D eigenvalue weighted by Crippen LogP contribution is -2.51. The Morgan fingerprint density at radius 2 is 1.80 bits per heavy atom. The fraction of sp³-hybridized carbons (Fsp3) is 0.833. The Balaban J connectivity index is 2.91. The number of carboxylic acids is 1. The van der Waals surface area contributed by atoms with E-state index in [-0.39, 0.29) is 12.8 Å². The molecule has 5 nitrogen and oxygen atoms in total. The molecule has 0 unspecified atom stereocenters. The third-order valence-electron chi connectivity index (χ3n) is 2.10. The summed E-state index contributed by atoms with van der Waals surface area (Å²) in [7, 11) is -5.84. The van der Waals surface area contributed by atoms with E-state index in [9.17, 15) is 26.4 Å². The number of aliphatic carboxylic acids is 1. The van der Waals surface area contributed by atoms with Gasteiger partial charge in [0.1, 0.15) is 0 Å². The molecule has 1 saturated carbocycles. The molecule has 0 bridgehead atoms. The molecule has 1 rings (SSSR count). The first kappa shape index (κ1) is 12.2. The third kappa shape index (κ3) is 2.07. The first-order valence-electron chi connectivity index (χ1n) is 3.86. The molecule has 0 aromatic rings. The lowest BCUT2D eigenvalue weighted by molar-refractivity contribution is -0.164. The van der Waals surface area contributed by atoms with Crippen LogP contribution in [0.2, 0.25) is 0 Å². The molecule has 0 spiro atoms. The van der Waals surface area contributed by atoms with Crippen molar-refractivity contribution in [3.8, 4) is 0 Å². The van der Waals surface area contributed by atoms with Crippen LogP contribution in [0.5, 0.6) is 0 Å². The second-order valence-electron chi connectivity index (χ2n) is 3.14. The molecule has 0 heterocycles. The number of hydrogen-bond donors (Lipinski definition) is 1. The van der Waals surface area contributed by atoms with E-state index in [1.165, 1.54) is 0 Å². The molecule has 9 heteroatoms. The maximum Gasteiger partial charge on any atom is 0.523 e. The van der Waals surface area contributed by atoms with Crippen molar-refractivity contribution in [1.82, 2.24) is 0 Å². The van der Waals surface area contributed by atoms with Crippen LogP contribution in [-0.2, 0) is 19.1 Å². The van der Waals surface area contributed by atoms with E-state index in [4.69, 9.17) is 5.11 Å². The second kappa shape index (κ2) is 3.34. The highest BCUT2D eigenvalue weighted by atomic mass is 32.2. The van der Waals surface area contributed by atoms with E-state index in [2.05, 4.69) is 4.18 Å². The molecule has 1 aliphatic carbocycles. The quantitative estimate of drug-likeness (QED) is 0.591. The van der Waals surface area contributed by atoms with Gasteiger partial charge in [-0.15, -0.1) is 0 Å². The highest BCUT2D eigenvalue weighted by molar-refractivity contribution is 7.87. The summed E-state index contributed by atoms with van der Waals surface area (Å²) >= 11 is 0. The topological polar surface area (TPSA) is 80.7 Å². The van der Waals surface area contributed by atoms with Gasteiger partial charge in [0.05, 0.1) is 0 Å². The van der Waals surface area contributed by atoms with Crippen LogP contribution in [-0.4, -0.2) is 30.6 Å². The van der Waals surface area contributed by atoms with E-state index in [0.29, 0.717) is 6.42 Å². The smallest absolute Gasteiger partial charge is 0.479 e. The molecule has 0 saturated heterocycles. The minimum absolute atomic E-state index is 0.238. The minimum Gasteiger partial charge on any atom is -0.479 e. The Labute approximate surface area is 83.0 Å². The van der Waals surface area contributed by atoms with E-state index >= 15 is 0 Å². The number of hydrogen-bond acceptors (Lipinski definition) is 4. The van der Waals surface area contributed by atoms with Crippen molar-refractivity contribution in [2.24, 2.45) is 0 Å². The number of halogens is 3. The molecular formula is C6H7F3O5S. The summed E-state index contributed by atoms with van der Waals surface area (Å²) in [5.41, 5.74) is -7.82. The predicted molar refractivity (Wildman–Crippen MR) is 40.3 cm³/mol.